The highest BCUT2D eigenvalue weighted by Crippen LogP contribution is 2.40. The van der Waals surface area contributed by atoms with Crippen molar-refractivity contribution in [2.45, 2.75) is 38.1 Å². The van der Waals surface area contributed by atoms with Crippen LogP contribution in [0.1, 0.15) is 36.9 Å². The van der Waals surface area contributed by atoms with Crippen LogP contribution in [0.3, 0.4) is 0 Å². The van der Waals surface area contributed by atoms with E-state index in [1.807, 2.05) is 13.1 Å². The maximum Gasteiger partial charge on any atom is 0.0651 e. The van der Waals surface area contributed by atoms with Gasteiger partial charge in [-0.1, -0.05) is 12.1 Å². The lowest BCUT2D eigenvalue weighted by Crippen LogP contribution is -2.17. The molecule has 0 bridgehead atoms. The molecule has 3 heteroatoms. The van der Waals surface area contributed by atoms with Crippen LogP contribution in [0.2, 0.25) is 0 Å². The van der Waals surface area contributed by atoms with E-state index in [1.54, 1.807) is 0 Å². The fourth-order valence-corrected chi connectivity index (χ4v) is 2.40. The second-order valence-electron chi connectivity index (χ2n) is 5.29. The number of nitrogens with zero attached hydrogens (tertiary/aromatic N) is 2. The van der Waals surface area contributed by atoms with Crippen LogP contribution in [0.25, 0.3) is 5.69 Å². The van der Waals surface area contributed by atoms with Crippen LogP contribution >= 0.6 is 0 Å². The monoisotopic (exact) mass is 241 g/mol. The molecule has 2 aromatic rings. The first kappa shape index (κ1) is 11.5. The standard InChI is InChI=1S/C15H19N3/c1-11(16)9-12-3-2-4-14(10-12)18-15(7-8-17-18)13-5-6-13/h2-4,7-8,10-11,13H,5-6,9,16H2,1H3. The summed E-state index contributed by atoms with van der Waals surface area (Å²) in [6.45, 7) is 2.04. The molecule has 0 aliphatic heterocycles. The Hall–Kier alpha value is -1.61. The van der Waals surface area contributed by atoms with E-state index < -0.39 is 0 Å². The molecule has 1 fully saturated rings. The summed E-state index contributed by atoms with van der Waals surface area (Å²) in [6.07, 6.45) is 5.40. The first-order valence-electron chi connectivity index (χ1n) is 6.63. The zero-order valence-electron chi connectivity index (χ0n) is 10.7. The highest BCUT2D eigenvalue weighted by molar-refractivity contribution is 5.38. The van der Waals surface area contributed by atoms with E-state index in [-0.39, 0.29) is 6.04 Å². The molecule has 3 nitrogen and oxygen atoms in total. The predicted molar refractivity (Wildman–Crippen MR) is 72.9 cm³/mol. The van der Waals surface area contributed by atoms with Gasteiger partial charge < -0.3 is 5.73 Å². The van der Waals surface area contributed by atoms with E-state index in [4.69, 9.17) is 5.73 Å². The molecule has 1 aromatic heterocycles. The predicted octanol–water partition coefficient (Wildman–Crippen LogP) is 2.64. The quantitative estimate of drug-likeness (QED) is 0.894. The number of hydrogen-bond acceptors (Lipinski definition) is 2. The van der Waals surface area contributed by atoms with E-state index in [1.165, 1.54) is 24.1 Å². The lowest BCUT2D eigenvalue weighted by atomic mass is 10.1. The van der Waals surface area contributed by atoms with Crippen LogP contribution in [0.4, 0.5) is 0 Å². The van der Waals surface area contributed by atoms with Crippen molar-refractivity contribution < 1.29 is 0 Å². The lowest BCUT2D eigenvalue weighted by molar-refractivity contribution is 0.735. The van der Waals surface area contributed by atoms with Crippen molar-refractivity contribution in [3.05, 3.63) is 47.8 Å². The van der Waals surface area contributed by atoms with E-state index in [9.17, 15) is 0 Å². The summed E-state index contributed by atoms with van der Waals surface area (Å²) in [5.41, 5.74) is 9.63. The van der Waals surface area contributed by atoms with Gasteiger partial charge in [-0.05, 0) is 49.9 Å². The molecular weight excluding hydrogens is 222 g/mol. The molecule has 18 heavy (non-hydrogen) atoms. The number of hydrogen-bond donors (Lipinski definition) is 1. The summed E-state index contributed by atoms with van der Waals surface area (Å²) in [5.74, 6) is 0.713. The normalized spacial score (nSPS) is 16.8. The molecule has 3 rings (SSSR count). The smallest absolute Gasteiger partial charge is 0.0651 e. The highest BCUT2D eigenvalue weighted by Gasteiger charge is 2.27. The molecule has 1 unspecified atom stereocenters. The largest absolute Gasteiger partial charge is 0.328 e. The summed E-state index contributed by atoms with van der Waals surface area (Å²) in [7, 11) is 0. The molecule has 1 aliphatic rings. The summed E-state index contributed by atoms with van der Waals surface area (Å²) < 4.78 is 2.07. The van der Waals surface area contributed by atoms with Crippen molar-refractivity contribution in [3.63, 3.8) is 0 Å². The van der Waals surface area contributed by atoms with Gasteiger partial charge in [-0.25, -0.2) is 4.68 Å². The van der Waals surface area contributed by atoms with Crippen LogP contribution in [0.5, 0.6) is 0 Å². The SMILES string of the molecule is CC(N)Cc1cccc(-n2nccc2C2CC2)c1. The van der Waals surface area contributed by atoms with Crippen LogP contribution in [-0.4, -0.2) is 15.8 Å². The van der Waals surface area contributed by atoms with Crippen molar-refractivity contribution in [2.75, 3.05) is 0 Å². The van der Waals surface area contributed by atoms with Gasteiger partial charge in [-0.15, -0.1) is 0 Å². The summed E-state index contributed by atoms with van der Waals surface area (Å²) in [6, 6.07) is 10.9. The molecular formula is C15H19N3. The van der Waals surface area contributed by atoms with E-state index in [0.29, 0.717) is 5.92 Å². The zero-order chi connectivity index (χ0) is 12.5. The van der Waals surface area contributed by atoms with Crippen LogP contribution in [-0.2, 0) is 6.42 Å². The third-order valence-electron chi connectivity index (χ3n) is 3.38. The van der Waals surface area contributed by atoms with Gasteiger partial charge >= 0.3 is 0 Å². The van der Waals surface area contributed by atoms with Gasteiger partial charge in [-0.3, -0.25) is 0 Å². The van der Waals surface area contributed by atoms with Crippen LogP contribution in [0.15, 0.2) is 36.5 Å². The van der Waals surface area contributed by atoms with Gasteiger partial charge in [0.2, 0.25) is 0 Å². The fraction of sp³-hybridized carbons (Fsp3) is 0.400. The lowest BCUT2D eigenvalue weighted by Gasteiger charge is -2.10. The Kier molecular flexibility index (Phi) is 2.92. The Morgan fingerprint density at radius 2 is 2.22 bits per heavy atom. The molecule has 0 amide bonds. The molecule has 2 N–H and O–H groups in total. The summed E-state index contributed by atoms with van der Waals surface area (Å²) in [4.78, 5) is 0. The maximum atomic E-state index is 5.86. The second-order valence-corrected chi connectivity index (χ2v) is 5.29. The van der Waals surface area contributed by atoms with Crippen molar-refractivity contribution in [1.29, 1.82) is 0 Å². The van der Waals surface area contributed by atoms with Gasteiger partial charge in [0, 0.05) is 23.9 Å². The van der Waals surface area contributed by atoms with E-state index in [2.05, 4.69) is 40.1 Å². The Labute approximate surface area is 108 Å². The number of rotatable bonds is 4. The average Bonchev–Trinajstić information content (AvgIpc) is 3.06. The molecule has 94 valence electrons. The van der Waals surface area contributed by atoms with Crippen molar-refractivity contribution in [1.82, 2.24) is 9.78 Å². The number of aromatic nitrogens is 2. The molecule has 1 aliphatic carbocycles. The molecule has 0 radical (unpaired) electrons. The highest BCUT2D eigenvalue weighted by atomic mass is 15.3. The second kappa shape index (κ2) is 4.58. The minimum Gasteiger partial charge on any atom is -0.328 e. The third-order valence-corrected chi connectivity index (χ3v) is 3.38. The molecule has 1 saturated carbocycles. The molecule has 0 saturated heterocycles. The molecule has 1 aromatic carbocycles. The Morgan fingerprint density at radius 3 is 2.94 bits per heavy atom. The van der Waals surface area contributed by atoms with Gasteiger partial charge in [0.05, 0.1) is 5.69 Å². The van der Waals surface area contributed by atoms with Crippen molar-refractivity contribution in [2.24, 2.45) is 5.73 Å². The molecule has 1 atom stereocenters. The summed E-state index contributed by atoms with van der Waals surface area (Å²) in [5, 5.41) is 4.45. The van der Waals surface area contributed by atoms with Crippen molar-refractivity contribution >= 4 is 0 Å². The topological polar surface area (TPSA) is 43.8 Å². The van der Waals surface area contributed by atoms with Crippen LogP contribution < -0.4 is 5.73 Å². The zero-order valence-corrected chi connectivity index (χ0v) is 10.7. The van der Waals surface area contributed by atoms with Gasteiger partial charge in [0.15, 0.2) is 0 Å². The number of benzene rings is 1. The first-order valence-corrected chi connectivity index (χ1v) is 6.63. The Bertz CT molecular complexity index is 538. The average molecular weight is 241 g/mol. The molecule has 1 heterocycles. The van der Waals surface area contributed by atoms with Gasteiger partial charge in [0.1, 0.15) is 0 Å². The molecule has 0 spiro atoms. The minimum absolute atomic E-state index is 0.195. The minimum atomic E-state index is 0.195. The van der Waals surface area contributed by atoms with E-state index in [0.717, 1.165) is 12.1 Å². The number of nitrogens with two attached hydrogens (primary N) is 1. The van der Waals surface area contributed by atoms with E-state index >= 15 is 0 Å². The van der Waals surface area contributed by atoms with Crippen molar-refractivity contribution in [3.8, 4) is 5.69 Å². The van der Waals surface area contributed by atoms with Gasteiger partial charge in [-0.2, -0.15) is 5.10 Å². The van der Waals surface area contributed by atoms with Gasteiger partial charge in [0.25, 0.3) is 0 Å². The Morgan fingerprint density at radius 1 is 1.39 bits per heavy atom. The Balaban J connectivity index is 1.93. The third kappa shape index (κ3) is 2.31. The summed E-state index contributed by atoms with van der Waals surface area (Å²) >= 11 is 0. The first-order chi connectivity index (χ1) is 8.74. The van der Waals surface area contributed by atoms with Crippen LogP contribution in [0, 0.1) is 0 Å². The fourth-order valence-electron chi connectivity index (χ4n) is 2.40. The maximum absolute atomic E-state index is 5.86.